The van der Waals surface area contributed by atoms with Crippen LogP contribution in [-0.2, 0) is 13.0 Å². The van der Waals surface area contributed by atoms with Crippen LogP contribution in [0.15, 0.2) is 48.9 Å². The van der Waals surface area contributed by atoms with Crippen molar-refractivity contribution in [3.05, 3.63) is 60.3 Å². The molecule has 4 nitrogen and oxygen atoms in total. The molecule has 0 spiro atoms. The van der Waals surface area contributed by atoms with E-state index in [1.54, 1.807) is 0 Å². The van der Waals surface area contributed by atoms with Gasteiger partial charge in [0.2, 0.25) is 0 Å². The van der Waals surface area contributed by atoms with Gasteiger partial charge in [-0.25, -0.2) is 4.98 Å². The molecule has 3 aromatic rings. The number of hydrogen-bond donors (Lipinski definition) is 1. The summed E-state index contributed by atoms with van der Waals surface area (Å²) in [5.41, 5.74) is 8.31. The first kappa shape index (κ1) is 13.8. The number of benzene rings is 1. The maximum absolute atomic E-state index is 6.05. The highest BCUT2D eigenvalue weighted by Gasteiger charge is 2.09. The number of hydrogen-bond acceptors (Lipinski definition) is 3. The van der Waals surface area contributed by atoms with E-state index in [4.69, 9.17) is 5.73 Å². The van der Waals surface area contributed by atoms with Crippen molar-refractivity contribution in [3.63, 3.8) is 0 Å². The van der Waals surface area contributed by atoms with Crippen LogP contribution in [-0.4, -0.2) is 20.6 Å². The minimum Gasteiger partial charge on any atom is -0.330 e. The molecule has 1 atom stereocenters. The van der Waals surface area contributed by atoms with E-state index < -0.39 is 0 Å². The van der Waals surface area contributed by atoms with Gasteiger partial charge in [-0.15, -0.1) is 0 Å². The highest BCUT2D eigenvalue weighted by Crippen LogP contribution is 2.17. The SMILES string of the molecule is CCC(N)Cc1nccn1Cc1cccc2cccnc12. The van der Waals surface area contributed by atoms with Crippen molar-refractivity contribution in [2.45, 2.75) is 32.4 Å². The number of imidazole rings is 1. The first-order chi connectivity index (χ1) is 10.3. The fourth-order valence-electron chi connectivity index (χ4n) is 2.53. The van der Waals surface area contributed by atoms with Crippen molar-refractivity contribution >= 4 is 10.9 Å². The Kier molecular flexibility index (Phi) is 3.97. The third kappa shape index (κ3) is 2.95. The second-order valence-corrected chi connectivity index (χ2v) is 5.34. The lowest BCUT2D eigenvalue weighted by Crippen LogP contribution is -2.23. The average Bonchev–Trinajstić information content (AvgIpc) is 2.94. The molecular formula is C17H20N4. The highest BCUT2D eigenvalue weighted by molar-refractivity contribution is 5.81. The van der Waals surface area contributed by atoms with Crippen molar-refractivity contribution in [3.8, 4) is 0 Å². The molecule has 0 amide bonds. The van der Waals surface area contributed by atoms with Crippen molar-refractivity contribution in [2.75, 3.05) is 0 Å². The Morgan fingerprint density at radius 2 is 2.00 bits per heavy atom. The Morgan fingerprint density at radius 3 is 2.86 bits per heavy atom. The molecule has 21 heavy (non-hydrogen) atoms. The molecule has 0 radical (unpaired) electrons. The summed E-state index contributed by atoms with van der Waals surface area (Å²) >= 11 is 0. The summed E-state index contributed by atoms with van der Waals surface area (Å²) in [6.07, 6.45) is 7.47. The standard InChI is InChI=1S/C17H20N4/c1-2-15(18)11-16-19-9-10-21(16)12-14-6-3-5-13-7-4-8-20-17(13)14/h3-10,15H,2,11-12,18H2,1H3. The van der Waals surface area contributed by atoms with Crippen molar-refractivity contribution in [1.82, 2.24) is 14.5 Å². The number of nitrogens with zero attached hydrogens (tertiary/aromatic N) is 3. The quantitative estimate of drug-likeness (QED) is 0.782. The summed E-state index contributed by atoms with van der Waals surface area (Å²) in [4.78, 5) is 8.95. The van der Waals surface area contributed by atoms with Gasteiger partial charge in [0.25, 0.3) is 0 Å². The Labute approximate surface area is 124 Å². The second-order valence-electron chi connectivity index (χ2n) is 5.34. The molecule has 2 aromatic heterocycles. The Hall–Kier alpha value is -2.20. The van der Waals surface area contributed by atoms with E-state index >= 15 is 0 Å². The normalized spacial score (nSPS) is 12.7. The number of aromatic nitrogens is 3. The topological polar surface area (TPSA) is 56.7 Å². The first-order valence-electron chi connectivity index (χ1n) is 7.36. The zero-order valence-corrected chi connectivity index (χ0v) is 12.2. The van der Waals surface area contributed by atoms with Gasteiger partial charge in [-0.05, 0) is 18.1 Å². The smallest absolute Gasteiger partial charge is 0.110 e. The molecule has 1 aromatic carbocycles. The summed E-state index contributed by atoms with van der Waals surface area (Å²) in [7, 11) is 0. The fraction of sp³-hybridized carbons (Fsp3) is 0.294. The largest absolute Gasteiger partial charge is 0.330 e. The molecule has 0 saturated heterocycles. The molecule has 108 valence electrons. The van der Waals surface area contributed by atoms with Gasteiger partial charge < -0.3 is 10.3 Å². The van der Waals surface area contributed by atoms with Crippen LogP contribution >= 0.6 is 0 Å². The second kappa shape index (κ2) is 6.06. The van der Waals surface area contributed by atoms with E-state index in [-0.39, 0.29) is 6.04 Å². The van der Waals surface area contributed by atoms with Crippen molar-refractivity contribution in [1.29, 1.82) is 0 Å². The van der Waals surface area contributed by atoms with Crippen molar-refractivity contribution < 1.29 is 0 Å². The predicted molar refractivity (Wildman–Crippen MR) is 85.0 cm³/mol. The number of pyridine rings is 1. The number of rotatable bonds is 5. The van der Waals surface area contributed by atoms with Crippen LogP contribution in [0.3, 0.4) is 0 Å². The Balaban J connectivity index is 1.91. The van der Waals surface area contributed by atoms with E-state index in [0.29, 0.717) is 0 Å². The average molecular weight is 280 g/mol. The summed E-state index contributed by atoms with van der Waals surface area (Å²) in [6.45, 7) is 2.88. The van der Waals surface area contributed by atoms with Crippen LogP contribution in [0.2, 0.25) is 0 Å². The van der Waals surface area contributed by atoms with E-state index in [9.17, 15) is 0 Å². The third-order valence-corrected chi connectivity index (χ3v) is 3.83. The Bertz CT molecular complexity index is 727. The van der Waals surface area contributed by atoms with Gasteiger partial charge in [0.15, 0.2) is 0 Å². The lowest BCUT2D eigenvalue weighted by molar-refractivity contribution is 0.598. The summed E-state index contributed by atoms with van der Waals surface area (Å²) < 4.78 is 2.17. The molecule has 0 fully saturated rings. The molecule has 0 aliphatic carbocycles. The minimum atomic E-state index is 0.164. The number of fused-ring (bicyclic) bond motifs is 1. The van der Waals surface area contributed by atoms with Crippen LogP contribution in [0.4, 0.5) is 0 Å². The van der Waals surface area contributed by atoms with Crippen LogP contribution in [0.5, 0.6) is 0 Å². The summed E-state index contributed by atoms with van der Waals surface area (Å²) in [5.74, 6) is 1.04. The fourth-order valence-corrected chi connectivity index (χ4v) is 2.53. The molecule has 3 rings (SSSR count). The molecule has 2 N–H and O–H groups in total. The van der Waals surface area contributed by atoms with E-state index in [2.05, 4.69) is 45.7 Å². The molecule has 0 aliphatic rings. The maximum Gasteiger partial charge on any atom is 0.110 e. The molecule has 2 heterocycles. The summed E-state index contributed by atoms with van der Waals surface area (Å²) in [5, 5.41) is 1.17. The molecule has 1 unspecified atom stereocenters. The highest BCUT2D eigenvalue weighted by atomic mass is 15.1. The van der Waals surface area contributed by atoms with Crippen LogP contribution in [0, 0.1) is 0 Å². The van der Waals surface area contributed by atoms with Crippen LogP contribution < -0.4 is 5.73 Å². The zero-order chi connectivity index (χ0) is 14.7. The van der Waals surface area contributed by atoms with E-state index in [1.165, 1.54) is 10.9 Å². The van der Waals surface area contributed by atoms with Gasteiger partial charge in [0.05, 0.1) is 12.1 Å². The zero-order valence-electron chi connectivity index (χ0n) is 12.2. The lowest BCUT2D eigenvalue weighted by Gasteiger charge is -2.12. The number of para-hydroxylation sites is 1. The van der Waals surface area contributed by atoms with E-state index in [0.717, 1.165) is 30.7 Å². The molecule has 0 aliphatic heterocycles. The molecule has 0 saturated carbocycles. The first-order valence-corrected chi connectivity index (χ1v) is 7.36. The van der Waals surface area contributed by atoms with Gasteiger partial charge in [-0.2, -0.15) is 0 Å². The predicted octanol–water partition coefficient (Wildman–Crippen LogP) is 2.76. The lowest BCUT2D eigenvalue weighted by atomic mass is 10.1. The van der Waals surface area contributed by atoms with Crippen LogP contribution in [0.1, 0.15) is 24.7 Å². The molecule has 0 bridgehead atoms. The van der Waals surface area contributed by atoms with Gasteiger partial charge >= 0.3 is 0 Å². The van der Waals surface area contributed by atoms with Gasteiger partial charge in [0.1, 0.15) is 5.82 Å². The number of nitrogens with two attached hydrogens (primary N) is 1. The van der Waals surface area contributed by atoms with E-state index in [1.807, 2.05) is 24.7 Å². The van der Waals surface area contributed by atoms with Gasteiger partial charge in [0, 0.05) is 36.4 Å². The van der Waals surface area contributed by atoms with Crippen molar-refractivity contribution in [2.24, 2.45) is 5.73 Å². The maximum atomic E-state index is 6.05. The van der Waals surface area contributed by atoms with Crippen LogP contribution in [0.25, 0.3) is 10.9 Å². The molecular weight excluding hydrogens is 260 g/mol. The molecule has 4 heteroatoms. The monoisotopic (exact) mass is 280 g/mol. The Morgan fingerprint density at radius 1 is 1.14 bits per heavy atom. The van der Waals surface area contributed by atoms with Gasteiger partial charge in [-0.1, -0.05) is 31.2 Å². The third-order valence-electron chi connectivity index (χ3n) is 3.83. The van der Waals surface area contributed by atoms with Gasteiger partial charge in [-0.3, -0.25) is 4.98 Å². The summed E-state index contributed by atoms with van der Waals surface area (Å²) in [6, 6.07) is 10.5. The minimum absolute atomic E-state index is 0.164.